The Morgan fingerprint density at radius 2 is 1.85 bits per heavy atom. The van der Waals surface area contributed by atoms with Gasteiger partial charge in [0.15, 0.2) is 23.0 Å². The number of ether oxygens (including phenoxy) is 2. The van der Waals surface area contributed by atoms with Crippen LogP contribution in [0.2, 0.25) is 0 Å². The summed E-state index contributed by atoms with van der Waals surface area (Å²) in [6.07, 6.45) is 2.89. The average molecular weight is 451 g/mol. The van der Waals surface area contributed by atoms with E-state index in [4.69, 9.17) is 9.47 Å². The lowest BCUT2D eigenvalue weighted by molar-refractivity contribution is 0.171. The minimum atomic E-state index is 0.395. The number of hydrogen-bond acceptors (Lipinski definition) is 7. The molecule has 0 fully saturated rings. The summed E-state index contributed by atoms with van der Waals surface area (Å²) in [6.45, 7) is 4.64. The molecule has 1 aliphatic rings. The number of nitrogens with one attached hydrogen (secondary N) is 1. The molecule has 2 aromatic carbocycles. The monoisotopic (exact) mass is 450 g/mol. The van der Waals surface area contributed by atoms with E-state index in [1.807, 2.05) is 48.7 Å². The summed E-state index contributed by atoms with van der Waals surface area (Å²) in [4.78, 5) is 4.62. The van der Waals surface area contributed by atoms with Gasteiger partial charge in [-0.15, -0.1) is 5.10 Å². The number of pyridine rings is 1. The predicted molar refractivity (Wildman–Crippen MR) is 126 cm³/mol. The summed E-state index contributed by atoms with van der Waals surface area (Å²) in [7, 11) is 0. The molecule has 2 aromatic heterocycles. The zero-order valence-corrected chi connectivity index (χ0v) is 18.7. The molecular formula is C26H22N6O2. The first kappa shape index (κ1) is 21.4. The third kappa shape index (κ3) is 3.92. The molecule has 4 aromatic rings. The Morgan fingerprint density at radius 1 is 1.03 bits per heavy atom. The third-order valence-electron chi connectivity index (χ3n) is 5.64. The molecule has 168 valence electrons. The van der Waals surface area contributed by atoms with Gasteiger partial charge >= 0.3 is 0 Å². The van der Waals surface area contributed by atoms with Crippen LogP contribution in [0.5, 0.6) is 11.5 Å². The van der Waals surface area contributed by atoms with Crippen LogP contribution in [-0.4, -0.2) is 34.4 Å². The largest absolute Gasteiger partial charge is 0.486 e. The van der Waals surface area contributed by atoms with Crippen molar-refractivity contribution in [3.05, 3.63) is 65.4 Å². The fourth-order valence-electron chi connectivity index (χ4n) is 4.05. The first-order valence-electron chi connectivity index (χ1n) is 11.2. The van der Waals surface area contributed by atoms with Crippen molar-refractivity contribution in [2.24, 2.45) is 0 Å². The highest BCUT2D eigenvalue weighted by Gasteiger charge is 2.19. The summed E-state index contributed by atoms with van der Waals surface area (Å²) in [5, 5.41) is 27.7. The van der Waals surface area contributed by atoms with E-state index in [-0.39, 0.29) is 0 Å². The lowest BCUT2D eigenvalue weighted by atomic mass is 9.95. The maximum atomic E-state index is 10.1. The smallest absolute Gasteiger partial charge is 0.183 e. The summed E-state index contributed by atoms with van der Waals surface area (Å²) in [6, 6.07) is 17.6. The Kier molecular flexibility index (Phi) is 5.82. The van der Waals surface area contributed by atoms with Crippen molar-refractivity contribution in [2.45, 2.75) is 19.9 Å². The highest BCUT2D eigenvalue weighted by molar-refractivity contribution is 5.81. The van der Waals surface area contributed by atoms with Crippen molar-refractivity contribution in [1.29, 1.82) is 10.5 Å². The summed E-state index contributed by atoms with van der Waals surface area (Å²) in [5.41, 5.74) is 4.50. The highest BCUT2D eigenvalue weighted by Crippen LogP contribution is 2.37. The fraction of sp³-hybridized carbons (Fsp3) is 0.231. The Labute approximate surface area is 197 Å². The van der Waals surface area contributed by atoms with Crippen LogP contribution in [0.3, 0.4) is 0 Å². The molecular weight excluding hydrogens is 428 g/mol. The standard InChI is InChI=1S/C26H22N6O2/c1-2-8-29-15-17-11-19(13-27)26-30-25(31-32(26)16-17)21-5-3-4-20(22(21)14-28)18-6-7-23-24(12-18)34-10-9-33-23/h3-7,11-12,16,29H,2,8-10,15H2,1H3. The molecule has 8 heteroatoms. The van der Waals surface area contributed by atoms with Crippen molar-refractivity contribution >= 4 is 5.65 Å². The van der Waals surface area contributed by atoms with Gasteiger partial charge in [0.05, 0.1) is 11.1 Å². The average Bonchev–Trinajstić information content (AvgIpc) is 3.31. The molecule has 8 nitrogen and oxygen atoms in total. The Balaban J connectivity index is 1.58. The van der Waals surface area contributed by atoms with Gasteiger partial charge in [0.2, 0.25) is 0 Å². The van der Waals surface area contributed by atoms with E-state index in [0.29, 0.717) is 59.4 Å². The van der Waals surface area contributed by atoms with Gasteiger partial charge in [0.1, 0.15) is 25.4 Å². The Hall–Kier alpha value is -4.40. The number of nitriles is 2. The lowest BCUT2D eigenvalue weighted by Gasteiger charge is -2.19. The molecule has 0 bridgehead atoms. The van der Waals surface area contributed by atoms with Crippen LogP contribution in [0.15, 0.2) is 48.7 Å². The van der Waals surface area contributed by atoms with Crippen molar-refractivity contribution in [3.8, 4) is 46.2 Å². The van der Waals surface area contributed by atoms with Crippen molar-refractivity contribution < 1.29 is 9.47 Å². The Bertz CT molecular complexity index is 1460. The van der Waals surface area contributed by atoms with Crippen LogP contribution < -0.4 is 14.8 Å². The van der Waals surface area contributed by atoms with Crippen LogP contribution in [-0.2, 0) is 6.54 Å². The SMILES string of the molecule is CCCNCc1cc(C#N)c2nc(-c3cccc(-c4ccc5c(c4)OCCO5)c3C#N)nn2c1. The zero-order chi connectivity index (χ0) is 23.5. The molecule has 0 aliphatic carbocycles. The summed E-state index contributed by atoms with van der Waals surface area (Å²) >= 11 is 0. The van der Waals surface area contributed by atoms with E-state index in [0.717, 1.165) is 29.7 Å². The van der Waals surface area contributed by atoms with Crippen molar-refractivity contribution in [1.82, 2.24) is 19.9 Å². The molecule has 0 amide bonds. The molecule has 0 spiro atoms. The number of aromatic nitrogens is 3. The molecule has 1 N–H and O–H groups in total. The third-order valence-corrected chi connectivity index (χ3v) is 5.64. The highest BCUT2D eigenvalue weighted by atomic mass is 16.6. The maximum absolute atomic E-state index is 10.1. The second-order valence-electron chi connectivity index (χ2n) is 7.95. The fourth-order valence-corrected chi connectivity index (χ4v) is 4.05. The number of benzene rings is 2. The van der Waals surface area contributed by atoms with E-state index in [1.165, 1.54) is 0 Å². The predicted octanol–water partition coefficient (Wildman–Crippen LogP) is 4.08. The van der Waals surface area contributed by atoms with Crippen molar-refractivity contribution in [2.75, 3.05) is 19.8 Å². The van der Waals surface area contributed by atoms with E-state index in [9.17, 15) is 10.5 Å². The minimum Gasteiger partial charge on any atom is -0.486 e. The van der Waals surface area contributed by atoms with Crippen LogP contribution in [0, 0.1) is 22.7 Å². The van der Waals surface area contributed by atoms with Crippen LogP contribution in [0.4, 0.5) is 0 Å². The lowest BCUT2D eigenvalue weighted by Crippen LogP contribution is -2.15. The van der Waals surface area contributed by atoms with E-state index < -0.39 is 0 Å². The van der Waals surface area contributed by atoms with Gasteiger partial charge in [0.25, 0.3) is 0 Å². The van der Waals surface area contributed by atoms with Gasteiger partial charge in [-0.1, -0.05) is 25.1 Å². The molecule has 0 unspecified atom stereocenters. The second kappa shape index (κ2) is 9.22. The first-order chi connectivity index (χ1) is 16.7. The van der Waals surface area contributed by atoms with Crippen LogP contribution >= 0.6 is 0 Å². The number of hydrogen-bond donors (Lipinski definition) is 1. The summed E-state index contributed by atoms with van der Waals surface area (Å²) < 4.78 is 13.0. The van der Waals surface area contributed by atoms with E-state index in [1.54, 1.807) is 4.52 Å². The van der Waals surface area contributed by atoms with Crippen molar-refractivity contribution in [3.63, 3.8) is 0 Å². The van der Waals surface area contributed by atoms with E-state index in [2.05, 4.69) is 34.5 Å². The maximum Gasteiger partial charge on any atom is 0.183 e. The van der Waals surface area contributed by atoms with Gasteiger partial charge in [0, 0.05) is 23.9 Å². The molecule has 3 heterocycles. The molecule has 5 rings (SSSR count). The quantitative estimate of drug-likeness (QED) is 0.441. The molecule has 0 atom stereocenters. The van der Waals surface area contributed by atoms with Gasteiger partial charge in [-0.05, 0) is 48.4 Å². The minimum absolute atomic E-state index is 0.395. The van der Waals surface area contributed by atoms with Gasteiger partial charge in [-0.3, -0.25) is 0 Å². The summed E-state index contributed by atoms with van der Waals surface area (Å²) in [5.74, 6) is 1.75. The zero-order valence-electron chi connectivity index (χ0n) is 18.7. The van der Waals surface area contributed by atoms with E-state index >= 15 is 0 Å². The second-order valence-corrected chi connectivity index (χ2v) is 7.95. The Morgan fingerprint density at radius 3 is 2.65 bits per heavy atom. The first-order valence-corrected chi connectivity index (χ1v) is 11.2. The number of rotatable bonds is 6. The topological polar surface area (TPSA) is 108 Å². The van der Waals surface area contributed by atoms with Gasteiger partial charge in [-0.2, -0.15) is 10.5 Å². The van der Waals surface area contributed by atoms with Gasteiger partial charge in [-0.25, -0.2) is 9.50 Å². The molecule has 0 saturated carbocycles. The molecule has 0 saturated heterocycles. The van der Waals surface area contributed by atoms with Crippen LogP contribution in [0.1, 0.15) is 30.0 Å². The molecule has 0 radical (unpaired) electrons. The number of nitrogens with zero attached hydrogens (tertiary/aromatic N) is 5. The van der Waals surface area contributed by atoms with Crippen LogP contribution in [0.25, 0.3) is 28.2 Å². The normalized spacial score (nSPS) is 12.3. The molecule has 34 heavy (non-hydrogen) atoms. The van der Waals surface area contributed by atoms with Gasteiger partial charge < -0.3 is 14.8 Å². The molecule has 1 aliphatic heterocycles. The number of fused-ring (bicyclic) bond motifs is 2.